The van der Waals surface area contributed by atoms with Crippen LogP contribution in [0.25, 0.3) is 22.3 Å². The van der Waals surface area contributed by atoms with Gasteiger partial charge in [0, 0.05) is 15.7 Å². The van der Waals surface area contributed by atoms with Crippen LogP contribution in [-0.2, 0) is 0 Å². The van der Waals surface area contributed by atoms with Crippen molar-refractivity contribution in [2.45, 2.75) is 9.79 Å². The van der Waals surface area contributed by atoms with Gasteiger partial charge < -0.3 is 0 Å². The van der Waals surface area contributed by atoms with E-state index in [1.54, 1.807) is 0 Å². The van der Waals surface area contributed by atoms with Crippen LogP contribution in [0.4, 0.5) is 0 Å². The molecule has 5 rings (SSSR count). The van der Waals surface area contributed by atoms with Crippen LogP contribution in [-0.4, -0.2) is 0 Å². The first-order chi connectivity index (χ1) is 16.5. The van der Waals surface area contributed by atoms with Gasteiger partial charge in [0.1, 0.15) is 0 Å². The van der Waals surface area contributed by atoms with Gasteiger partial charge in [-0.3, -0.25) is 0 Å². The van der Waals surface area contributed by atoms with Crippen LogP contribution < -0.4 is 0 Å². The summed E-state index contributed by atoms with van der Waals surface area (Å²) >= 11 is 8.73. The van der Waals surface area contributed by atoms with Crippen molar-refractivity contribution in [3.05, 3.63) is 120 Å². The Morgan fingerprint density at radius 1 is 0.676 bits per heavy atom. The molecule has 0 aliphatic heterocycles. The van der Waals surface area contributed by atoms with E-state index in [4.69, 9.17) is 0 Å². The van der Waals surface area contributed by atoms with E-state index in [0.29, 0.717) is 0 Å². The van der Waals surface area contributed by atoms with E-state index in [9.17, 15) is 10.5 Å². The van der Waals surface area contributed by atoms with Gasteiger partial charge in [0.2, 0.25) is 0 Å². The average molecular weight is 473 g/mol. The molecule has 162 valence electrons. The van der Waals surface area contributed by atoms with Crippen LogP contribution in [0.3, 0.4) is 0 Å². The zero-order chi connectivity index (χ0) is 23.7. The molecule has 0 radical (unpaired) electrons. The normalized spacial score (nSPS) is 18.0. The topological polar surface area (TPSA) is 47.6 Å². The number of fused-ring (bicyclic) bond motifs is 1. The molecular weight excluding hydrogens is 452 g/mol. The fraction of sp³-hybridized carbons (Fsp3) is 0.0667. The number of hydrogen-bond donors (Lipinski definition) is 2. The van der Waals surface area contributed by atoms with Crippen molar-refractivity contribution < 1.29 is 0 Å². The first kappa shape index (κ1) is 22.1. The van der Waals surface area contributed by atoms with Crippen LogP contribution in [0.5, 0.6) is 0 Å². The monoisotopic (exact) mass is 472 g/mol. The second-order valence-electron chi connectivity index (χ2n) is 8.39. The van der Waals surface area contributed by atoms with Gasteiger partial charge in [0.25, 0.3) is 0 Å². The molecule has 2 aliphatic rings. The van der Waals surface area contributed by atoms with E-state index in [1.165, 1.54) is 0 Å². The van der Waals surface area contributed by atoms with Gasteiger partial charge in [-0.1, -0.05) is 78.9 Å². The van der Waals surface area contributed by atoms with Crippen LogP contribution >= 0.6 is 25.3 Å². The summed E-state index contributed by atoms with van der Waals surface area (Å²) in [5.74, 6) is -0.360. The third-order valence-corrected chi connectivity index (χ3v) is 7.02. The lowest BCUT2D eigenvalue weighted by atomic mass is 9.72. The molecule has 0 amide bonds. The minimum atomic E-state index is -1.30. The minimum absolute atomic E-state index is 0.360. The van der Waals surface area contributed by atoms with Crippen molar-refractivity contribution in [1.82, 2.24) is 0 Å². The molecular formula is C30H20N2S2. The van der Waals surface area contributed by atoms with Crippen LogP contribution in [0.15, 0.2) is 119 Å². The zero-order valence-electron chi connectivity index (χ0n) is 18.2. The summed E-state index contributed by atoms with van der Waals surface area (Å²) in [5, 5.41) is 20.6. The van der Waals surface area contributed by atoms with E-state index < -0.39 is 5.41 Å². The van der Waals surface area contributed by atoms with E-state index in [0.717, 1.165) is 48.8 Å². The molecule has 2 aliphatic carbocycles. The summed E-state index contributed by atoms with van der Waals surface area (Å²) in [4.78, 5) is 1.80. The maximum absolute atomic E-state index is 10.3. The highest BCUT2D eigenvalue weighted by Crippen LogP contribution is 2.52. The summed E-state index contributed by atoms with van der Waals surface area (Å²) in [5.41, 5.74) is 5.45. The van der Waals surface area contributed by atoms with Gasteiger partial charge in [0.15, 0.2) is 5.41 Å². The van der Waals surface area contributed by atoms with Crippen LogP contribution in [0.1, 0.15) is 11.1 Å². The molecule has 34 heavy (non-hydrogen) atoms. The van der Waals surface area contributed by atoms with E-state index >= 15 is 0 Å². The first-order valence-corrected chi connectivity index (χ1v) is 11.8. The summed E-state index contributed by atoms with van der Waals surface area (Å²) in [7, 11) is 0. The number of allylic oxidation sites excluding steroid dienone is 8. The number of nitrogens with zero attached hydrogens (tertiary/aromatic N) is 2. The number of benzene rings is 3. The lowest BCUT2D eigenvalue weighted by molar-refractivity contribution is 0.579. The Kier molecular flexibility index (Phi) is 5.80. The van der Waals surface area contributed by atoms with Gasteiger partial charge in [-0.05, 0) is 63.2 Å². The minimum Gasteiger partial charge on any atom is -0.196 e. The summed E-state index contributed by atoms with van der Waals surface area (Å²) in [6.07, 6.45) is 10.1. The molecule has 0 bridgehead atoms. The Labute approximate surface area is 210 Å². The largest absolute Gasteiger partial charge is 0.196 e. The second kappa shape index (κ2) is 8.92. The van der Waals surface area contributed by atoms with Crippen molar-refractivity contribution in [1.29, 1.82) is 10.5 Å². The predicted molar refractivity (Wildman–Crippen MR) is 143 cm³/mol. The third-order valence-electron chi connectivity index (χ3n) is 6.42. The van der Waals surface area contributed by atoms with Gasteiger partial charge in [-0.25, -0.2) is 0 Å². The van der Waals surface area contributed by atoms with Gasteiger partial charge in [0.05, 0.1) is 12.1 Å². The predicted octanol–water partition coefficient (Wildman–Crippen LogP) is 7.56. The molecule has 1 unspecified atom stereocenters. The number of rotatable bonds is 3. The first-order valence-electron chi connectivity index (χ1n) is 10.9. The fourth-order valence-electron chi connectivity index (χ4n) is 4.60. The van der Waals surface area contributed by atoms with Crippen molar-refractivity contribution in [3.63, 3.8) is 0 Å². The highest BCUT2D eigenvalue weighted by atomic mass is 32.1. The van der Waals surface area contributed by atoms with Gasteiger partial charge in [-0.2, -0.15) is 10.5 Å². The van der Waals surface area contributed by atoms with Gasteiger partial charge >= 0.3 is 0 Å². The summed E-state index contributed by atoms with van der Waals surface area (Å²) in [6.45, 7) is 0. The van der Waals surface area contributed by atoms with Crippen molar-refractivity contribution >= 4 is 36.4 Å². The molecule has 2 nitrogen and oxygen atoms in total. The SMILES string of the molecule is N#CC1(C#N)C(c2ccc(-c3ccc(S)cc3)cc2)=CC2=CC=CC(c3ccc(S)cc3)=CC21. The summed E-state index contributed by atoms with van der Waals surface area (Å²) in [6, 6.07) is 28.7. The van der Waals surface area contributed by atoms with Crippen LogP contribution in [0.2, 0.25) is 0 Å². The standard InChI is InChI=1S/C30H20N2S2/c31-18-30(19-32)28(23-6-4-20(5-7-23)21-8-12-26(33)13-9-21)17-25-3-1-2-24(16-29(25)30)22-10-14-27(34)15-11-22/h1-17,29,33-34H. The zero-order valence-corrected chi connectivity index (χ0v) is 20.0. The maximum atomic E-state index is 10.3. The van der Waals surface area contributed by atoms with E-state index in [1.807, 2.05) is 103 Å². The molecule has 0 aromatic heterocycles. The van der Waals surface area contributed by atoms with E-state index in [2.05, 4.69) is 37.4 Å². The molecule has 0 N–H and O–H groups in total. The molecule has 0 fully saturated rings. The Balaban J connectivity index is 1.55. The quantitative estimate of drug-likeness (QED) is 0.387. The molecule has 0 saturated carbocycles. The lowest BCUT2D eigenvalue weighted by Crippen LogP contribution is -2.24. The van der Waals surface area contributed by atoms with Crippen molar-refractivity contribution in [2.24, 2.45) is 11.3 Å². The fourth-order valence-corrected chi connectivity index (χ4v) is 4.89. The Morgan fingerprint density at radius 2 is 1.18 bits per heavy atom. The van der Waals surface area contributed by atoms with E-state index in [-0.39, 0.29) is 5.92 Å². The molecule has 3 aromatic rings. The second-order valence-corrected chi connectivity index (χ2v) is 9.42. The highest BCUT2D eigenvalue weighted by molar-refractivity contribution is 7.80. The Bertz CT molecular complexity index is 1440. The molecule has 0 saturated heterocycles. The Morgan fingerprint density at radius 3 is 1.74 bits per heavy atom. The molecule has 1 atom stereocenters. The maximum Gasteiger partial charge on any atom is 0.179 e. The molecule has 0 heterocycles. The lowest BCUT2D eigenvalue weighted by Gasteiger charge is -2.24. The number of thiol groups is 2. The smallest absolute Gasteiger partial charge is 0.179 e. The number of nitriles is 2. The molecule has 0 spiro atoms. The molecule has 3 aromatic carbocycles. The van der Waals surface area contributed by atoms with Gasteiger partial charge in [-0.15, -0.1) is 25.3 Å². The van der Waals surface area contributed by atoms with Crippen LogP contribution in [0, 0.1) is 34.0 Å². The Hall–Kier alpha value is -3.70. The number of hydrogen-bond acceptors (Lipinski definition) is 4. The van der Waals surface area contributed by atoms with Crippen molar-refractivity contribution in [2.75, 3.05) is 0 Å². The highest BCUT2D eigenvalue weighted by Gasteiger charge is 2.48. The molecule has 4 heteroatoms. The average Bonchev–Trinajstić information content (AvgIpc) is 3.01. The third kappa shape index (κ3) is 3.82. The van der Waals surface area contributed by atoms with Crippen molar-refractivity contribution in [3.8, 4) is 23.3 Å². The summed E-state index contributed by atoms with van der Waals surface area (Å²) < 4.78 is 0.